The van der Waals surface area contributed by atoms with E-state index in [1.165, 1.54) is 17.0 Å². The number of likely N-dealkylation sites (tertiary alicyclic amines) is 1. The van der Waals surface area contributed by atoms with E-state index in [1.807, 2.05) is 18.2 Å². The molecule has 1 aliphatic rings. The second-order valence-electron chi connectivity index (χ2n) is 6.14. The number of sulfonamides is 1. The number of carboxylic acid groups (broad SMARTS) is 1. The van der Waals surface area contributed by atoms with E-state index in [0.29, 0.717) is 6.54 Å². The van der Waals surface area contributed by atoms with E-state index in [9.17, 15) is 13.2 Å². The van der Waals surface area contributed by atoms with Crippen LogP contribution in [0, 0.1) is 0 Å². The van der Waals surface area contributed by atoms with Crippen LogP contribution < -0.4 is 4.72 Å². The standard InChI is InChI=1S/C17H20N2O4S2/c20-17(21)14-9-16(24-12-14)25(22,23)18-15-7-4-8-19(11-15)10-13-5-2-1-3-6-13/h1-3,5-6,9,12,15,18H,4,7-8,10-11H2,(H,20,21)/t15-/m0/s1. The molecule has 1 aromatic heterocycles. The van der Waals surface area contributed by atoms with Crippen LogP contribution in [0.3, 0.4) is 0 Å². The number of hydrogen-bond donors (Lipinski definition) is 2. The minimum absolute atomic E-state index is 0.000256. The summed E-state index contributed by atoms with van der Waals surface area (Å²) >= 11 is 0.932. The van der Waals surface area contributed by atoms with E-state index in [-0.39, 0.29) is 15.8 Å². The third-order valence-corrected chi connectivity index (χ3v) is 7.12. The lowest BCUT2D eigenvalue weighted by molar-refractivity contribution is 0.0697. The number of rotatable bonds is 6. The third-order valence-electron chi connectivity index (χ3n) is 4.16. The highest BCUT2D eigenvalue weighted by Gasteiger charge is 2.26. The molecule has 134 valence electrons. The normalized spacial score (nSPS) is 19.0. The predicted octanol–water partition coefficient (Wildman–Crippen LogP) is 2.39. The van der Waals surface area contributed by atoms with Crippen LogP contribution >= 0.6 is 11.3 Å². The molecule has 1 aliphatic heterocycles. The lowest BCUT2D eigenvalue weighted by atomic mass is 10.1. The Hall–Kier alpha value is -1.74. The van der Waals surface area contributed by atoms with Crippen molar-refractivity contribution in [3.8, 4) is 0 Å². The van der Waals surface area contributed by atoms with Crippen molar-refractivity contribution >= 4 is 27.3 Å². The first-order valence-corrected chi connectivity index (χ1v) is 10.4. The Morgan fingerprint density at radius 1 is 1.32 bits per heavy atom. The molecular weight excluding hydrogens is 360 g/mol. The van der Waals surface area contributed by atoms with Gasteiger partial charge in [0.05, 0.1) is 5.56 Å². The van der Waals surface area contributed by atoms with Gasteiger partial charge in [0, 0.05) is 24.5 Å². The average molecular weight is 380 g/mol. The molecule has 6 nitrogen and oxygen atoms in total. The lowest BCUT2D eigenvalue weighted by Gasteiger charge is -2.32. The van der Waals surface area contributed by atoms with Gasteiger partial charge in [-0.3, -0.25) is 4.90 Å². The van der Waals surface area contributed by atoms with Crippen LogP contribution in [0.25, 0.3) is 0 Å². The number of piperidine rings is 1. The van der Waals surface area contributed by atoms with Gasteiger partial charge in [-0.1, -0.05) is 30.3 Å². The second-order valence-corrected chi connectivity index (χ2v) is 8.99. The minimum Gasteiger partial charge on any atom is -0.478 e. The summed E-state index contributed by atoms with van der Waals surface area (Å²) in [5, 5.41) is 10.3. The topological polar surface area (TPSA) is 86.7 Å². The van der Waals surface area contributed by atoms with Gasteiger partial charge in [0.1, 0.15) is 4.21 Å². The average Bonchev–Trinajstić information content (AvgIpc) is 3.07. The highest BCUT2D eigenvalue weighted by molar-refractivity contribution is 7.91. The van der Waals surface area contributed by atoms with E-state index < -0.39 is 16.0 Å². The summed E-state index contributed by atoms with van der Waals surface area (Å²) in [6, 6.07) is 11.1. The zero-order valence-electron chi connectivity index (χ0n) is 13.6. The van der Waals surface area contributed by atoms with Crippen molar-refractivity contribution in [2.75, 3.05) is 13.1 Å². The first kappa shape index (κ1) is 18.1. The molecule has 0 unspecified atom stereocenters. The minimum atomic E-state index is -3.69. The number of hydrogen-bond acceptors (Lipinski definition) is 5. The monoisotopic (exact) mass is 380 g/mol. The zero-order valence-corrected chi connectivity index (χ0v) is 15.2. The van der Waals surface area contributed by atoms with Crippen LogP contribution in [0.5, 0.6) is 0 Å². The van der Waals surface area contributed by atoms with Gasteiger partial charge in [-0.25, -0.2) is 17.9 Å². The van der Waals surface area contributed by atoms with Gasteiger partial charge in [-0.05, 0) is 31.0 Å². The Morgan fingerprint density at radius 2 is 2.08 bits per heavy atom. The molecule has 0 aliphatic carbocycles. The molecule has 0 spiro atoms. The van der Waals surface area contributed by atoms with Crippen molar-refractivity contribution in [3.63, 3.8) is 0 Å². The lowest BCUT2D eigenvalue weighted by Crippen LogP contribution is -2.47. The number of benzene rings is 1. The Morgan fingerprint density at radius 3 is 2.76 bits per heavy atom. The van der Waals surface area contributed by atoms with Crippen LogP contribution in [0.15, 0.2) is 46.0 Å². The van der Waals surface area contributed by atoms with Crippen molar-refractivity contribution in [1.82, 2.24) is 9.62 Å². The fourth-order valence-corrected chi connectivity index (χ4v) is 5.42. The maximum Gasteiger partial charge on any atom is 0.336 e. The molecule has 25 heavy (non-hydrogen) atoms. The van der Waals surface area contributed by atoms with Crippen molar-refractivity contribution in [1.29, 1.82) is 0 Å². The number of nitrogens with one attached hydrogen (secondary N) is 1. The molecule has 3 rings (SSSR count). The van der Waals surface area contributed by atoms with Gasteiger partial charge in [-0.15, -0.1) is 11.3 Å². The third kappa shape index (κ3) is 4.66. The molecule has 8 heteroatoms. The molecule has 2 heterocycles. The summed E-state index contributed by atoms with van der Waals surface area (Å²) in [6.07, 6.45) is 1.70. The Kier molecular flexibility index (Phi) is 5.53. The fraction of sp³-hybridized carbons (Fsp3) is 0.353. The molecule has 2 aromatic rings. The first-order valence-electron chi connectivity index (χ1n) is 8.04. The maximum atomic E-state index is 12.5. The number of thiophene rings is 1. The summed E-state index contributed by atoms with van der Waals surface area (Å²) in [6.45, 7) is 2.38. The van der Waals surface area contributed by atoms with Crippen LogP contribution in [-0.2, 0) is 16.6 Å². The van der Waals surface area contributed by atoms with Crippen LogP contribution in [0.2, 0.25) is 0 Å². The molecule has 2 N–H and O–H groups in total. The van der Waals surface area contributed by atoms with Gasteiger partial charge >= 0.3 is 5.97 Å². The van der Waals surface area contributed by atoms with Gasteiger partial charge < -0.3 is 5.11 Å². The summed E-state index contributed by atoms with van der Waals surface area (Å²) < 4.78 is 27.8. The Bertz CT molecular complexity index is 833. The fourth-order valence-electron chi connectivity index (χ4n) is 2.98. The van der Waals surface area contributed by atoms with E-state index in [2.05, 4.69) is 21.8 Å². The number of carbonyl (C=O) groups is 1. The second kappa shape index (κ2) is 7.65. The highest BCUT2D eigenvalue weighted by atomic mass is 32.2. The molecule has 1 fully saturated rings. The molecular formula is C17H20N2O4S2. The molecule has 0 radical (unpaired) electrons. The molecule has 0 bridgehead atoms. The van der Waals surface area contributed by atoms with E-state index in [1.54, 1.807) is 0 Å². The Labute approximate surface area is 151 Å². The molecule has 1 aromatic carbocycles. The maximum absolute atomic E-state index is 12.5. The Balaban J connectivity index is 1.64. The molecule has 0 saturated carbocycles. The van der Waals surface area contributed by atoms with Gasteiger partial charge in [0.25, 0.3) is 0 Å². The number of nitrogens with zero attached hydrogens (tertiary/aromatic N) is 1. The van der Waals surface area contributed by atoms with Crippen molar-refractivity contribution in [2.24, 2.45) is 0 Å². The van der Waals surface area contributed by atoms with Crippen LogP contribution in [0.1, 0.15) is 28.8 Å². The van der Waals surface area contributed by atoms with E-state index in [0.717, 1.165) is 37.3 Å². The van der Waals surface area contributed by atoms with E-state index >= 15 is 0 Å². The van der Waals surface area contributed by atoms with Gasteiger partial charge in [0.15, 0.2) is 0 Å². The van der Waals surface area contributed by atoms with Crippen LogP contribution in [-0.4, -0.2) is 43.5 Å². The van der Waals surface area contributed by atoms with Gasteiger partial charge in [-0.2, -0.15) is 0 Å². The summed E-state index contributed by atoms with van der Waals surface area (Å²) in [5.74, 6) is -1.12. The van der Waals surface area contributed by atoms with Crippen LogP contribution in [0.4, 0.5) is 0 Å². The van der Waals surface area contributed by atoms with E-state index in [4.69, 9.17) is 5.11 Å². The summed E-state index contributed by atoms with van der Waals surface area (Å²) in [7, 11) is -3.69. The summed E-state index contributed by atoms with van der Waals surface area (Å²) in [4.78, 5) is 13.2. The van der Waals surface area contributed by atoms with Crippen molar-refractivity contribution in [2.45, 2.75) is 29.6 Å². The molecule has 0 amide bonds. The highest BCUT2D eigenvalue weighted by Crippen LogP contribution is 2.22. The van der Waals surface area contributed by atoms with Gasteiger partial charge in [0.2, 0.25) is 10.0 Å². The smallest absolute Gasteiger partial charge is 0.336 e. The number of carboxylic acids is 1. The number of aromatic carboxylic acids is 1. The van der Waals surface area contributed by atoms with Crippen molar-refractivity contribution < 1.29 is 18.3 Å². The molecule has 1 atom stereocenters. The molecule has 1 saturated heterocycles. The predicted molar refractivity (Wildman–Crippen MR) is 96.3 cm³/mol. The van der Waals surface area contributed by atoms with Crippen molar-refractivity contribution in [3.05, 3.63) is 52.9 Å². The SMILES string of the molecule is O=C(O)c1csc(S(=O)(=O)N[C@H]2CCCN(Cc3ccccc3)C2)c1. The zero-order chi connectivity index (χ0) is 17.9. The quantitative estimate of drug-likeness (QED) is 0.804. The first-order chi connectivity index (χ1) is 11.9. The summed E-state index contributed by atoms with van der Waals surface area (Å²) in [5.41, 5.74) is 1.20. The largest absolute Gasteiger partial charge is 0.478 e.